The number of likely N-dealkylation sites (N-methyl/N-ethyl adjacent to an activating group) is 1. The van der Waals surface area contributed by atoms with Gasteiger partial charge in [-0.05, 0) is 51.0 Å². The Balaban J connectivity index is 1.82. The number of carbonyl (C=O) groups is 1. The molecule has 2 N–H and O–H groups in total. The highest BCUT2D eigenvalue weighted by Crippen LogP contribution is 2.26. The van der Waals surface area contributed by atoms with Gasteiger partial charge in [-0.3, -0.25) is 9.69 Å². The van der Waals surface area contributed by atoms with Gasteiger partial charge < -0.3 is 10.6 Å². The van der Waals surface area contributed by atoms with Crippen LogP contribution in [0, 0.1) is 5.92 Å². The fraction of sp³-hybridized carbons (Fsp3) is 0.933. The maximum absolute atomic E-state index is 12.4. The number of rotatable bonds is 4. The van der Waals surface area contributed by atoms with E-state index in [4.69, 9.17) is 5.73 Å². The molecule has 4 heteroatoms. The molecule has 0 radical (unpaired) electrons. The summed E-state index contributed by atoms with van der Waals surface area (Å²) in [4.78, 5) is 16.7. The van der Waals surface area contributed by atoms with Crippen LogP contribution in [0.2, 0.25) is 0 Å². The number of amides is 1. The van der Waals surface area contributed by atoms with E-state index in [1.54, 1.807) is 0 Å². The van der Waals surface area contributed by atoms with Crippen molar-refractivity contribution in [2.24, 2.45) is 11.7 Å². The second-order valence-electron chi connectivity index (χ2n) is 6.42. The van der Waals surface area contributed by atoms with E-state index in [0.717, 1.165) is 18.9 Å². The molecule has 110 valence electrons. The van der Waals surface area contributed by atoms with E-state index in [9.17, 15) is 4.79 Å². The van der Waals surface area contributed by atoms with Crippen molar-refractivity contribution in [3.05, 3.63) is 0 Å². The standard InChI is InChI=1S/C15H29N3O/c1-12-5-7-13(8-6-12)17(2)15(19)11-18-9-3-4-14(18)10-16/h12-14H,3-11,16H2,1-2H3. The van der Waals surface area contributed by atoms with Crippen molar-refractivity contribution in [1.29, 1.82) is 0 Å². The fourth-order valence-corrected chi connectivity index (χ4v) is 3.49. The molecule has 4 nitrogen and oxygen atoms in total. The third-order valence-corrected chi connectivity index (χ3v) is 5.04. The van der Waals surface area contributed by atoms with Gasteiger partial charge in [0, 0.05) is 25.7 Å². The Kier molecular flexibility index (Phi) is 5.22. The van der Waals surface area contributed by atoms with Crippen LogP contribution < -0.4 is 5.73 Å². The summed E-state index contributed by atoms with van der Waals surface area (Å²) in [6.45, 7) is 4.58. The van der Waals surface area contributed by atoms with Gasteiger partial charge in [-0.2, -0.15) is 0 Å². The zero-order valence-corrected chi connectivity index (χ0v) is 12.5. The van der Waals surface area contributed by atoms with E-state index in [2.05, 4.69) is 11.8 Å². The highest BCUT2D eigenvalue weighted by atomic mass is 16.2. The number of hydrogen-bond acceptors (Lipinski definition) is 3. The Morgan fingerprint density at radius 3 is 2.58 bits per heavy atom. The SMILES string of the molecule is CC1CCC(N(C)C(=O)CN2CCCC2CN)CC1. The molecular formula is C15H29N3O. The third-order valence-electron chi connectivity index (χ3n) is 5.04. The van der Waals surface area contributed by atoms with Crippen molar-refractivity contribution in [1.82, 2.24) is 9.80 Å². The minimum Gasteiger partial charge on any atom is -0.342 e. The molecule has 1 aliphatic carbocycles. The van der Waals surface area contributed by atoms with Gasteiger partial charge in [0.15, 0.2) is 0 Å². The first-order valence-electron chi connectivity index (χ1n) is 7.81. The van der Waals surface area contributed by atoms with Crippen LogP contribution in [0.3, 0.4) is 0 Å². The highest BCUT2D eigenvalue weighted by Gasteiger charge is 2.29. The second-order valence-corrected chi connectivity index (χ2v) is 6.42. The lowest BCUT2D eigenvalue weighted by molar-refractivity contribution is -0.134. The van der Waals surface area contributed by atoms with Crippen LogP contribution in [-0.2, 0) is 4.79 Å². The van der Waals surface area contributed by atoms with E-state index in [0.29, 0.717) is 25.2 Å². The van der Waals surface area contributed by atoms with Crippen LogP contribution >= 0.6 is 0 Å². The topological polar surface area (TPSA) is 49.6 Å². The first-order chi connectivity index (χ1) is 9.11. The quantitative estimate of drug-likeness (QED) is 0.838. The number of nitrogens with two attached hydrogens (primary N) is 1. The molecule has 2 fully saturated rings. The largest absolute Gasteiger partial charge is 0.342 e. The monoisotopic (exact) mass is 267 g/mol. The second kappa shape index (κ2) is 6.71. The predicted molar refractivity (Wildman–Crippen MR) is 77.8 cm³/mol. The molecule has 1 heterocycles. The molecule has 0 bridgehead atoms. The molecule has 0 aromatic carbocycles. The summed E-state index contributed by atoms with van der Waals surface area (Å²) in [6.07, 6.45) is 7.19. The molecule has 1 aliphatic heterocycles. The number of likely N-dealkylation sites (tertiary alicyclic amines) is 1. The number of carbonyl (C=O) groups excluding carboxylic acids is 1. The van der Waals surface area contributed by atoms with Gasteiger partial charge in [-0.15, -0.1) is 0 Å². The number of nitrogens with zero attached hydrogens (tertiary/aromatic N) is 2. The maximum atomic E-state index is 12.4. The summed E-state index contributed by atoms with van der Waals surface area (Å²) in [5, 5.41) is 0. The van der Waals surface area contributed by atoms with Gasteiger partial charge in [0.05, 0.1) is 6.54 Å². The first kappa shape index (κ1) is 14.8. The maximum Gasteiger partial charge on any atom is 0.236 e. The summed E-state index contributed by atoms with van der Waals surface area (Å²) in [7, 11) is 1.98. The average molecular weight is 267 g/mol. The first-order valence-corrected chi connectivity index (χ1v) is 7.81. The fourth-order valence-electron chi connectivity index (χ4n) is 3.49. The summed E-state index contributed by atoms with van der Waals surface area (Å²) in [5.74, 6) is 1.11. The molecule has 1 saturated heterocycles. The number of hydrogen-bond donors (Lipinski definition) is 1. The zero-order valence-electron chi connectivity index (χ0n) is 12.5. The lowest BCUT2D eigenvalue weighted by Crippen LogP contribution is -2.47. The molecule has 0 spiro atoms. The van der Waals surface area contributed by atoms with E-state index >= 15 is 0 Å². The molecule has 1 unspecified atom stereocenters. The van der Waals surface area contributed by atoms with E-state index < -0.39 is 0 Å². The van der Waals surface area contributed by atoms with Gasteiger partial charge in [0.25, 0.3) is 0 Å². The van der Waals surface area contributed by atoms with Gasteiger partial charge in [-0.25, -0.2) is 0 Å². The molecule has 0 aromatic heterocycles. The van der Waals surface area contributed by atoms with Crippen LogP contribution in [0.15, 0.2) is 0 Å². The molecule has 1 saturated carbocycles. The van der Waals surface area contributed by atoms with Crippen LogP contribution in [-0.4, -0.2) is 54.5 Å². The molecular weight excluding hydrogens is 238 g/mol. The Morgan fingerprint density at radius 2 is 1.95 bits per heavy atom. The normalized spacial score (nSPS) is 32.5. The summed E-state index contributed by atoms with van der Waals surface area (Å²) >= 11 is 0. The predicted octanol–water partition coefficient (Wildman–Crippen LogP) is 1.45. The Labute approximate surface area is 117 Å². The van der Waals surface area contributed by atoms with Crippen LogP contribution in [0.5, 0.6) is 0 Å². The van der Waals surface area contributed by atoms with Gasteiger partial charge in [0.2, 0.25) is 5.91 Å². The molecule has 2 rings (SSSR count). The molecule has 0 aromatic rings. The van der Waals surface area contributed by atoms with Crippen molar-refractivity contribution in [2.75, 3.05) is 26.7 Å². The molecule has 2 aliphatic rings. The third kappa shape index (κ3) is 3.69. The Morgan fingerprint density at radius 1 is 1.26 bits per heavy atom. The minimum absolute atomic E-state index is 0.278. The summed E-state index contributed by atoms with van der Waals surface area (Å²) in [6, 6.07) is 0.881. The molecule has 19 heavy (non-hydrogen) atoms. The summed E-state index contributed by atoms with van der Waals surface area (Å²) in [5.41, 5.74) is 5.77. The Bertz CT molecular complexity index is 300. The van der Waals surface area contributed by atoms with E-state index in [1.165, 1.54) is 32.1 Å². The van der Waals surface area contributed by atoms with Crippen LogP contribution in [0.1, 0.15) is 45.4 Å². The Hall–Kier alpha value is -0.610. The average Bonchev–Trinajstić information content (AvgIpc) is 2.86. The summed E-state index contributed by atoms with van der Waals surface area (Å²) < 4.78 is 0. The molecule has 1 amide bonds. The van der Waals surface area contributed by atoms with Crippen LogP contribution in [0.25, 0.3) is 0 Å². The van der Waals surface area contributed by atoms with Gasteiger partial charge >= 0.3 is 0 Å². The van der Waals surface area contributed by atoms with Crippen molar-refractivity contribution < 1.29 is 4.79 Å². The van der Waals surface area contributed by atoms with E-state index in [1.807, 2.05) is 11.9 Å². The van der Waals surface area contributed by atoms with Crippen LogP contribution in [0.4, 0.5) is 0 Å². The zero-order chi connectivity index (χ0) is 13.8. The van der Waals surface area contributed by atoms with Crippen molar-refractivity contribution in [2.45, 2.75) is 57.5 Å². The lowest BCUT2D eigenvalue weighted by atomic mass is 9.87. The van der Waals surface area contributed by atoms with Gasteiger partial charge in [-0.1, -0.05) is 6.92 Å². The smallest absolute Gasteiger partial charge is 0.236 e. The molecule has 1 atom stereocenters. The van der Waals surface area contributed by atoms with E-state index in [-0.39, 0.29) is 5.91 Å². The van der Waals surface area contributed by atoms with Crippen molar-refractivity contribution >= 4 is 5.91 Å². The van der Waals surface area contributed by atoms with Gasteiger partial charge in [0.1, 0.15) is 0 Å². The van der Waals surface area contributed by atoms with Crippen molar-refractivity contribution in [3.63, 3.8) is 0 Å². The minimum atomic E-state index is 0.278. The highest BCUT2D eigenvalue weighted by molar-refractivity contribution is 5.78. The lowest BCUT2D eigenvalue weighted by Gasteiger charge is -2.35. The van der Waals surface area contributed by atoms with Crippen molar-refractivity contribution in [3.8, 4) is 0 Å².